The van der Waals surface area contributed by atoms with Gasteiger partial charge in [-0.1, -0.05) is 0 Å². The van der Waals surface area contributed by atoms with E-state index in [0.29, 0.717) is 11.1 Å². The number of carbonyl (C=O) groups excluding carboxylic acids is 2. The van der Waals surface area contributed by atoms with E-state index in [9.17, 15) is 9.59 Å². The Morgan fingerprint density at radius 2 is 1.62 bits per heavy atom. The molecule has 0 N–H and O–H groups in total. The summed E-state index contributed by atoms with van der Waals surface area (Å²) in [6.07, 6.45) is -0.229. The first-order valence-electron chi connectivity index (χ1n) is 4.83. The zero-order valence-electron chi connectivity index (χ0n) is 9.81. The van der Waals surface area contributed by atoms with E-state index in [0.717, 1.165) is 0 Å². The lowest BCUT2D eigenvalue weighted by atomic mass is 10.5. The molecule has 0 amide bonds. The molecule has 0 aliphatic carbocycles. The normalized spacial score (nSPS) is 11.8. The molecule has 0 rings (SSSR count). The first-order chi connectivity index (χ1) is 7.31. The molecular formula is C9H16O5SSi. The molecule has 0 saturated heterocycles. The predicted octanol–water partition coefficient (Wildman–Crippen LogP) is 1.09. The van der Waals surface area contributed by atoms with Gasteiger partial charge in [-0.3, -0.25) is 9.59 Å². The van der Waals surface area contributed by atoms with Crippen LogP contribution in [0.3, 0.4) is 0 Å². The van der Waals surface area contributed by atoms with E-state index in [4.69, 9.17) is 25.8 Å². The molecule has 7 heteroatoms. The van der Waals surface area contributed by atoms with Crippen LogP contribution >= 0.6 is 12.2 Å². The van der Waals surface area contributed by atoms with Crippen LogP contribution in [-0.4, -0.2) is 32.4 Å². The van der Waals surface area contributed by atoms with Crippen LogP contribution < -0.4 is 0 Å². The van der Waals surface area contributed by atoms with Crippen LogP contribution in [0, 0.1) is 0 Å². The van der Waals surface area contributed by atoms with E-state index in [2.05, 4.69) is 0 Å². The van der Waals surface area contributed by atoms with Gasteiger partial charge in [0.15, 0.2) is 5.05 Å². The summed E-state index contributed by atoms with van der Waals surface area (Å²) in [5, 5.41) is 0.408. The summed E-state index contributed by atoms with van der Waals surface area (Å²) in [5.41, 5.74) is 0. The highest BCUT2D eigenvalue weighted by Gasteiger charge is 2.24. The topological polar surface area (TPSA) is 61.8 Å². The van der Waals surface area contributed by atoms with E-state index in [1.807, 2.05) is 0 Å². The molecule has 0 saturated carbocycles. The Morgan fingerprint density at radius 3 is 1.94 bits per heavy atom. The van der Waals surface area contributed by atoms with Crippen molar-refractivity contribution in [3.8, 4) is 0 Å². The molecule has 0 aromatic carbocycles. The molecule has 0 radical (unpaired) electrons. The van der Waals surface area contributed by atoms with Crippen molar-refractivity contribution >= 4 is 38.5 Å². The van der Waals surface area contributed by atoms with Gasteiger partial charge in [-0.15, -0.1) is 0 Å². The van der Waals surface area contributed by atoms with Crippen molar-refractivity contribution < 1.29 is 23.2 Å². The molecular weight excluding hydrogens is 248 g/mol. The minimum atomic E-state index is -2.35. The second kappa shape index (κ2) is 7.34. The van der Waals surface area contributed by atoms with Gasteiger partial charge in [-0.05, 0) is 19.1 Å². The molecule has 0 fully saturated rings. The van der Waals surface area contributed by atoms with Crippen molar-refractivity contribution in [2.45, 2.75) is 39.8 Å². The molecule has 0 heterocycles. The standard InChI is InChI=1S/C9H16O5SSi/c1-6(12-9(4)15)5-16(13-7(2)10)14-8(3)11/h6,16H,5H2,1-4H3. The van der Waals surface area contributed by atoms with E-state index < -0.39 is 21.2 Å². The van der Waals surface area contributed by atoms with Crippen LogP contribution in [-0.2, 0) is 23.2 Å². The molecule has 0 aromatic rings. The molecule has 16 heavy (non-hydrogen) atoms. The van der Waals surface area contributed by atoms with Crippen LogP contribution in [0.15, 0.2) is 0 Å². The summed E-state index contributed by atoms with van der Waals surface area (Å²) < 4.78 is 15.1. The van der Waals surface area contributed by atoms with Crippen LogP contribution in [0.25, 0.3) is 0 Å². The minimum absolute atomic E-state index is 0.229. The van der Waals surface area contributed by atoms with E-state index in [-0.39, 0.29) is 6.10 Å². The lowest BCUT2D eigenvalue weighted by Crippen LogP contribution is -2.31. The fourth-order valence-electron chi connectivity index (χ4n) is 1.09. The number of thiocarbonyl (C=S) groups is 1. The van der Waals surface area contributed by atoms with Gasteiger partial charge in [0.05, 0.1) is 0 Å². The Morgan fingerprint density at radius 1 is 1.19 bits per heavy atom. The van der Waals surface area contributed by atoms with Crippen molar-refractivity contribution in [2.75, 3.05) is 0 Å². The number of ether oxygens (including phenoxy) is 1. The number of hydrogen-bond acceptors (Lipinski definition) is 6. The Bertz CT molecular complexity index is 265. The maximum atomic E-state index is 10.8. The number of carbonyl (C=O) groups is 2. The largest absolute Gasteiger partial charge is 0.487 e. The molecule has 1 atom stereocenters. The van der Waals surface area contributed by atoms with Gasteiger partial charge < -0.3 is 13.6 Å². The third-order valence-corrected chi connectivity index (χ3v) is 3.82. The summed E-state index contributed by atoms with van der Waals surface area (Å²) in [4.78, 5) is 21.6. The zero-order valence-corrected chi connectivity index (χ0v) is 11.8. The van der Waals surface area contributed by atoms with Gasteiger partial charge in [0.1, 0.15) is 6.10 Å². The summed E-state index contributed by atoms with van der Waals surface area (Å²) in [6, 6.07) is 0.382. The first kappa shape index (κ1) is 15.0. The van der Waals surface area contributed by atoms with Gasteiger partial charge in [0.2, 0.25) is 0 Å². The molecule has 0 aliphatic heterocycles. The molecule has 0 spiro atoms. The third-order valence-electron chi connectivity index (χ3n) is 1.49. The molecule has 0 bridgehead atoms. The molecule has 5 nitrogen and oxygen atoms in total. The Hall–Kier alpha value is -0.953. The van der Waals surface area contributed by atoms with Crippen LogP contribution in [0.4, 0.5) is 0 Å². The highest BCUT2D eigenvalue weighted by Crippen LogP contribution is 2.07. The quantitative estimate of drug-likeness (QED) is 0.547. The van der Waals surface area contributed by atoms with E-state index in [1.54, 1.807) is 13.8 Å². The van der Waals surface area contributed by atoms with Crippen molar-refractivity contribution in [3.63, 3.8) is 0 Å². The Labute approximate surface area is 102 Å². The molecule has 0 aromatic heterocycles. The van der Waals surface area contributed by atoms with Crippen LogP contribution in [0.1, 0.15) is 27.7 Å². The van der Waals surface area contributed by atoms with Gasteiger partial charge in [0, 0.05) is 26.8 Å². The fraction of sp³-hybridized carbons (Fsp3) is 0.667. The zero-order chi connectivity index (χ0) is 12.7. The van der Waals surface area contributed by atoms with E-state index >= 15 is 0 Å². The van der Waals surface area contributed by atoms with Crippen molar-refractivity contribution in [2.24, 2.45) is 0 Å². The average Bonchev–Trinajstić information content (AvgIpc) is 1.97. The minimum Gasteiger partial charge on any atom is -0.487 e. The highest BCUT2D eigenvalue weighted by molar-refractivity contribution is 7.80. The summed E-state index contributed by atoms with van der Waals surface area (Å²) in [5.74, 6) is -0.909. The SMILES string of the molecule is CC(=O)O[SiH](CC(C)OC(C)=S)OC(C)=O. The highest BCUT2D eigenvalue weighted by atomic mass is 32.1. The fourth-order valence-corrected chi connectivity index (χ4v) is 2.88. The monoisotopic (exact) mass is 264 g/mol. The molecule has 1 unspecified atom stereocenters. The summed E-state index contributed by atoms with van der Waals surface area (Å²) in [6.45, 7) is 5.99. The van der Waals surface area contributed by atoms with E-state index in [1.165, 1.54) is 13.8 Å². The number of hydrogen-bond donors (Lipinski definition) is 0. The predicted molar refractivity (Wildman–Crippen MR) is 64.3 cm³/mol. The lowest BCUT2D eigenvalue weighted by Gasteiger charge is -2.19. The molecule has 92 valence electrons. The van der Waals surface area contributed by atoms with Gasteiger partial charge >= 0.3 is 9.28 Å². The number of rotatable bonds is 5. The second-order valence-corrected chi connectivity index (χ2v) is 5.68. The summed E-state index contributed by atoms with van der Waals surface area (Å²) >= 11 is 4.78. The summed E-state index contributed by atoms with van der Waals surface area (Å²) in [7, 11) is -2.35. The van der Waals surface area contributed by atoms with Gasteiger partial charge in [0.25, 0.3) is 11.9 Å². The maximum absolute atomic E-state index is 10.8. The van der Waals surface area contributed by atoms with Gasteiger partial charge in [-0.2, -0.15) is 0 Å². The molecule has 0 aliphatic rings. The van der Waals surface area contributed by atoms with Crippen LogP contribution in [0.2, 0.25) is 6.04 Å². The Kier molecular flexibility index (Phi) is 6.90. The van der Waals surface area contributed by atoms with Gasteiger partial charge in [-0.25, -0.2) is 0 Å². The Balaban J connectivity index is 4.23. The average molecular weight is 264 g/mol. The third kappa shape index (κ3) is 8.36. The van der Waals surface area contributed by atoms with Crippen molar-refractivity contribution in [3.05, 3.63) is 0 Å². The van der Waals surface area contributed by atoms with Crippen LogP contribution in [0.5, 0.6) is 0 Å². The second-order valence-electron chi connectivity index (χ2n) is 3.30. The maximum Gasteiger partial charge on any atom is 0.451 e. The first-order valence-corrected chi connectivity index (χ1v) is 6.99. The van der Waals surface area contributed by atoms with Crippen molar-refractivity contribution in [1.29, 1.82) is 0 Å². The van der Waals surface area contributed by atoms with Crippen molar-refractivity contribution in [1.82, 2.24) is 0 Å². The smallest absolute Gasteiger partial charge is 0.451 e. The lowest BCUT2D eigenvalue weighted by molar-refractivity contribution is -0.137.